The fourth-order valence-corrected chi connectivity index (χ4v) is 2.97. The lowest BCUT2D eigenvalue weighted by molar-refractivity contribution is 0.391. The van der Waals surface area contributed by atoms with E-state index in [0.717, 1.165) is 0 Å². The van der Waals surface area contributed by atoms with Crippen molar-refractivity contribution in [1.82, 2.24) is 0 Å². The van der Waals surface area contributed by atoms with Crippen LogP contribution in [0.15, 0.2) is 41.9 Å². The fourth-order valence-electron chi connectivity index (χ4n) is 1.22. The summed E-state index contributed by atoms with van der Waals surface area (Å²) in [7, 11) is -2.78. The zero-order valence-corrected chi connectivity index (χ0v) is 9.02. The summed E-state index contributed by atoms with van der Waals surface area (Å²) >= 11 is 0. The molecule has 0 unspecified atom stereocenters. The molecule has 1 aromatic carbocycles. The first kappa shape index (κ1) is 11.0. The van der Waals surface area contributed by atoms with E-state index in [9.17, 15) is 13.2 Å². The first-order valence-corrected chi connectivity index (χ1v) is 7.23. The number of halogens is 3. The highest BCUT2D eigenvalue weighted by molar-refractivity contribution is 6.95. The molecule has 0 aliphatic rings. The minimum atomic E-state index is -2.78. The zero-order valence-electron chi connectivity index (χ0n) is 8.02. The molecule has 0 saturated heterocycles. The molecule has 0 aliphatic carbocycles. The Morgan fingerprint density at radius 1 is 1.00 bits per heavy atom. The molecule has 14 heavy (non-hydrogen) atoms. The molecule has 0 saturated carbocycles. The summed E-state index contributed by atoms with van der Waals surface area (Å²) in [4.78, 5) is 0. The van der Waals surface area contributed by atoms with Crippen molar-refractivity contribution in [1.29, 1.82) is 0 Å². The lowest BCUT2D eigenvalue weighted by Gasteiger charge is -2.19. The summed E-state index contributed by atoms with van der Waals surface area (Å²) in [6, 6.07) is 8.62. The maximum Gasteiger partial charge on any atom is 0.297 e. The van der Waals surface area contributed by atoms with Crippen molar-refractivity contribution in [2.24, 2.45) is 0 Å². The van der Waals surface area contributed by atoms with Crippen LogP contribution in [0.5, 0.6) is 0 Å². The minimum Gasteiger partial charge on any atom is -0.211 e. The third-order valence-electron chi connectivity index (χ3n) is 2.21. The highest BCUT2D eigenvalue weighted by Gasteiger charge is 2.32. The Bertz CT molecular complexity index is 340. The Morgan fingerprint density at radius 2 is 1.50 bits per heavy atom. The molecular weight excluding hydrogens is 205 g/mol. The Labute approximate surface area is 82.1 Å². The largest absolute Gasteiger partial charge is 0.297 e. The van der Waals surface area contributed by atoms with E-state index in [1.165, 1.54) is 0 Å². The number of benzene rings is 1. The van der Waals surface area contributed by atoms with E-state index in [1.807, 2.05) is 0 Å². The van der Waals surface area contributed by atoms with Crippen molar-refractivity contribution in [2.75, 3.05) is 0 Å². The molecule has 0 spiro atoms. The van der Waals surface area contributed by atoms with Crippen LogP contribution in [0, 0.1) is 0 Å². The van der Waals surface area contributed by atoms with Gasteiger partial charge >= 0.3 is 0 Å². The Kier molecular flexibility index (Phi) is 3.16. The van der Waals surface area contributed by atoms with Gasteiger partial charge in [0, 0.05) is 0 Å². The summed E-state index contributed by atoms with van der Waals surface area (Å²) in [5, 5.41) is 0.672. The fraction of sp³-hybridized carbons (Fsp3) is 0.200. The Morgan fingerprint density at radius 3 is 1.93 bits per heavy atom. The first-order valence-electron chi connectivity index (χ1n) is 4.23. The van der Waals surface area contributed by atoms with E-state index < -0.39 is 19.6 Å². The van der Waals surface area contributed by atoms with E-state index in [2.05, 4.69) is 0 Å². The second-order valence-electron chi connectivity index (χ2n) is 3.57. The van der Waals surface area contributed by atoms with Gasteiger partial charge in [0.25, 0.3) is 6.08 Å². The van der Waals surface area contributed by atoms with Gasteiger partial charge in [-0.25, -0.2) is 4.39 Å². The Hall–Kier alpha value is -1.03. The maximum absolute atomic E-state index is 13.2. The van der Waals surface area contributed by atoms with Crippen LogP contribution in [-0.2, 0) is 0 Å². The van der Waals surface area contributed by atoms with Crippen LogP contribution < -0.4 is 5.19 Å². The molecule has 0 amide bonds. The zero-order chi connectivity index (χ0) is 10.8. The lowest BCUT2D eigenvalue weighted by atomic mass is 10.4. The third kappa shape index (κ3) is 2.07. The third-order valence-corrected chi connectivity index (χ3v) is 5.27. The molecule has 1 aromatic rings. The van der Waals surface area contributed by atoms with Crippen LogP contribution in [-0.4, -0.2) is 8.07 Å². The summed E-state index contributed by atoms with van der Waals surface area (Å²) in [6.45, 7) is 3.13. The van der Waals surface area contributed by atoms with Crippen LogP contribution in [0.2, 0.25) is 13.1 Å². The monoisotopic (exact) mass is 216 g/mol. The summed E-state index contributed by atoms with van der Waals surface area (Å²) < 4.78 is 37.5. The van der Waals surface area contributed by atoms with E-state index in [0.29, 0.717) is 5.19 Å². The van der Waals surface area contributed by atoms with Gasteiger partial charge in [0.05, 0.1) is 0 Å². The van der Waals surface area contributed by atoms with Crippen LogP contribution in [0.3, 0.4) is 0 Å². The van der Waals surface area contributed by atoms with E-state index in [-0.39, 0.29) is 0 Å². The van der Waals surface area contributed by atoms with Gasteiger partial charge in [-0.1, -0.05) is 48.6 Å². The molecule has 0 heterocycles. The van der Waals surface area contributed by atoms with Crippen molar-refractivity contribution >= 4 is 13.3 Å². The van der Waals surface area contributed by atoms with Gasteiger partial charge in [-0.3, -0.25) is 0 Å². The SMILES string of the molecule is C[Si](C)(C(F)=C(F)F)c1ccccc1. The highest BCUT2D eigenvalue weighted by atomic mass is 28.3. The predicted octanol–water partition coefficient (Wildman–Crippen LogP) is 3.22. The van der Waals surface area contributed by atoms with Crippen LogP contribution >= 0.6 is 0 Å². The van der Waals surface area contributed by atoms with Crippen molar-refractivity contribution in [2.45, 2.75) is 13.1 Å². The molecule has 0 atom stereocenters. The number of hydrogen-bond donors (Lipinski definition) is 0. The smallest absolute Gasteiger partial charge is 0.211 e. The van der Waals surface area contributed by atoms with Gasteiger partial charge in [0.1, 0.15) is 5.45 Å². The number of rotatable bonds is 2. The second-order valence-corrected chi connectivity index (χ2v) is 7.83. The van der Waals surface area contributed by atoms with E-state index >= 15 is 0 Å². The molecule has 4 heteroatoms. The molecule has 0 aliphatic heterocycles. The average molecular weight is 216 g/mol. The van der Waals surface area contributed by atoms with Crippen molar-refractivity contribution in [3.8, 4) is 0 Å². The van der Waals surface area contributed by atoms with Crippen molar-refractivity contribution in [3.05, 3.63) is 41.9 Å². The molecule has 1 rings (SSSR count). The lowest BCUT2D eigenvalue weighted by Crippen LogP contribution is -2.42. The van der Waals surface area contributed by atoms with Gasteiger partial charge in [0.2, 0.25) is 0 Å². The maximum atomic E-state index is 13.2. The van der Waals surface area contributed by atoms with Gasteiger partial charge in [-0.15, -0.1) is 0 Å². The first-order chi connectivity index (χ1) is 6.46. The van der Waals surface area contributed by atoms with Crippen LogP contribution in [0.4, 0.5) is 13.2 Å². The van der Waals surface area contributed by atoms with Crippen LogP contribution in [0.25, 0.3) is 0 Å². The van der Waals surface area contributed by atoms with Gasteiger partial charge in [-0.2, -0.15) is 8.78 Å². The average Bonchev–Trinajstić information content (AvgIpc) is 2.18. The second kappa shape index (κ2) is 4.00. The topological polar surface area (TPSA) is 0 Å². The highest BCUT2D eigenvalue weighted by Crippen LogP contribution is 2.21. The molecule has 0 radical (unpaired) electrons. The van der Waals surface area contributed by atoms with Crippen molar-refractivity contribution in [3.63, 3.8) is 0 Å². The van der Waals surface area contributed by atoms with Crippen molar-refractivity contribution < 1.29 is 13.2 Å². The molecule has 76 valence electrons. The molecular formula is C10H11F3Si. The van der Waals surface area contributed by atoms with Gasteiger partial charge < -0.3 is 0 Å². The molecule has 0 nitrogen and oxygen atoms in total. The number of hydrogen-bond acceptors (Lipinski definition) is 0. The van der Waals surface area contributed by atoms with Gasteiger partial charge in [-0.05, 0) is 0 Å². The van der Waals surface area contributed by atoms with Gasteiger partial charge in [0.15, 0.2) is 8.07 Å². The standard InChI is InChI=1S/C10H11F3Si/c1-14(2,10(13)9(11)12)8-6-4-3-5-7-8/h3-7H,1-2H3. The Balaban J connectivity index is 3.15. The van der Waals surface area contributed by atoms with Crippen LogP contribution in [0.1, 0.15) is 0 Å². The van der Waals surface area contributed by atoms with E-state index in [4.69, 9.17) is 0 Å². The quantitative estimate of drug-likeness (QED) is 0.666. The predicted molar refractivity (Wildman–Crippen MR) is 53.9 cm³/mol. The summed E-state index contributed by atoms with van der Waals surface area (Å²) in [5.41, 5.74) is -1.23. The molecule has 0 aromatic heterocycles. The molecule has 0 N–H and O–H groups in total. The normalized spacial score (nSPS) is 11.2. The molecule has 0 fully saturated rings. The molecule has 0 bridgehead atoms. The summed E-state index contributed by atoms with van der Waals surface area (Å²) in [5.74, 6) is 0. The summed E-state index contributed by atoms with van der Waals surface area (Å²) in [6.07, 6.45) is -2.19. The van der Waals surface area contributed by atoms with E-state index in [1.54, 1.807) is 43.4 Å². The minimum absolute atomic E-state index is 0.672.